The Kier molecular flexibility index (Phi) is 13.9. The zero-order chi connectivity index (χ0) is 15.1. The standard InChI is InChI=1S/C13H30O6Si/c1-5-8-14-11-17-20(4,18-12-15-9-6-2)19-13-16-10-7-3/h5-13H2,1-4H3. The maximum atomic E-state index is 5.60. The van der Waals surface area contributed by atoms with E-state index in [2.05, 4.69) is 0 Å². The monoisotopic (exact) mass is 310 g/mol. The average molecular weight is 310 g/mol. The molecule has 0 spiro atoms. The maximum absolute atomic E-state index is 5.60. The molecule has 7 heteroatoms. The molecule has 0 fully saturated rings. The molecule has 0 N–H and O–H groups in total. The van der Waals surface area contributed by atoms with Crippen LogP contribution < -0.4 is 0 Å². The van der Waals surface area contributed by atoms with Gasteiger partial charge in [0.25, 0.3) is 0 Å². The van der Waals surface area contributed by atoms with Gasteiger partial charge in [0.15, 0.2) is 0 Å². The first-order valence-electron chi connectivity index (χ1n) is 7.33. The van der Waals surface area contributed by atoms with Crippen LogP contribution in [-0.2, 0) is 27.5 Å². The summed E-state index contributed by atoms with van der Waals surface area (Å²) in [5.74, 6) is 0. The van der Waals surface area contributed by atoms with Gasteiger partial charge in [0, 0.05) is 26.4 Å². The molecule has 0 radical (unpaired) electrons. The van der Waals surface area contributed by atoms with E-state index in [0.717, 1.165) is 19.3 Å². The van der Waals surface area contributed by atoms with Gasteiger partial charge in [-0.05, 0) is 19.3 Å². The first-order valence-corrected chi connectivity index (χ1v) is 9.56. The van der Waals surface area contributed by atoms with Crippen LogP contribution >= 0.6 is 0 Å². The third-order valence-corrected chi connectivity index (χ3v) is 4.19. The van der Waals surface area contributed by atoms with Crippen LogP contribution in [0.5, 0.6) is 0 Å². The molecule has 0 heterocycles. The summed E-state index contributed by atoms with van der Waals surface area (Å²) in [6.07, 6.45) is 2.84. The second-order valence-corrected chi connectivity index (χ2v) is 6.96. The van der Waals surface area contributed by atoms with Gasteiger partial charge < -0.3 is 27.5 Å². The lowest BCUT2D eigenvalue weighted by molar-refractivity contribution is -0.101. The van der Waals surface area contributed by atoms with Crippen molar-refractivity contribution in [2.45, 2.75) is 46.6 Å². The fourth-order valence-electron chi connectivity index (χ4n) is 1.18. The van der Waals surface area contributed by atoms with Crippen LogP contribution in [0, 0.1) is 0 Å². The highest BCUT2D eigenvalue weighted by Crippen LogP contribution is 2.10. The van der Waals surface area contributed by atoms with Crippen molar-refractivity contribution < 1.29 is 27.5 Å². The quantitative estimate of drug-likeness (QED) is 0.263. The summed E-state index contributed by atoms with van der Waals surface area (Å²) in [4.78, 5) is 0. The van der Waals surface area contributed by atoms with Gasteiger partial charge in [-0.25, -0.2) is 0 Å². The molecule has 0 rings (SSSR count). The van der Waals surface area contributed by atoms with Crippen molar-refractivity contribution in [2.75, 3.05) is 40.2 Å². The number of rotatable bonds is 15. The topological polar surface area (TPSA) is 55.4 Å². The molecule has 0 aromatic rings. The van der Waals surface area contributed by atoms with Crippen molar-refractivity contribution >= 4 is 8.80 Å². The first-order chi connectivity index (χ1) is 9.68. The van der Waals surface area contributed by atoms with Crippen molar-refractivity contribution in [3.63, 3.8) is 0 Å². The second kappa shape index (κ2) is 13.9. The molecule has 0 aliphatic carbocycles. The van der Waals surface area contributed by atoms with Gasteiger partial charge in [-0.15, -0.1) is 0 Å². The van der Waals surface area contributed by atoms with Crippen molar-refractivity contribution in [3.8, 4) is 0 Å². The molecule has 0 unspecified atom stereocenters. The Morgan fingerprint density at radius 1 is 0.600 bits per heavy atom. The summed E-state index contributed by atoms with van der Waals surface area (Å²) in [5.41, 5.74) is 0. The van der Waals surface area contributed by atoms with Crippen LogP contribution in [-0.4, -0.2) is 49.0 Å². The Morgan fingerprint density at radius 2 is 0.900 bits per heavy atom. The largest absolute Gasteiger partial charge is 0.502 e. The lowest BCUT2D eigenvalue weighted by Gasteiger charge is -2.25. The van der Waals surface area contributed by atoms with Gasteiger partial charge in [-0.1, -0.05) is 20.8 Å². The minimum absolute atomic E-state index is 0.165. The fourth-order valence-corrected chi connectivity index (χ4v) is 2.32. The van der Waals surface area contributed by atoms with Gasteiger partial charge >= 0.3 is 8.80 Å². The Hall–Kier alpha value is -0.0231. The average Bonchev–Trinajstić information content (AvgIpc) is 2.45. The summed E-state index contributed by atoms with van der Waals surface area (Å²) in [5, 5.41) is 0. The summed E-state index contributed by atoms with van der Waals surface area (Å²) >= 11 is 0. The zero-order valence-corrected chi connectivity index (χ0v) is 14.3. The van der Waals surface area contributed by atoms with Crippen molar-refractivity contribution in [1.29, 1.82) is 0 Å². The van der Waals surface area contributed by atoms with Crippen LogP contribution in [0.3, 0.4) is 0 Å². The molecule has 0 aromatic carbocycles. The third kappa shape index (κ3) is 11.8. The molecule has 122 valence electrons. The highest BCUT2D eigenvalue weighted by Gasteiger charge is 2.35. The minimum Gasteiger partial charge on any atom is -0.356 e. The van der Waals surface area contributed by atoms with E-state index in [1.807, 2.05) is 27.3 Å². The molecule has 0 atom stereocenters. The second-order valence-electron chi connectivity index (χ2n) is 4.37. The van der Waals surface area contributed by atoms with Gasteiger partial charge in [-0.2, -0.15) is 0 Å². The summed E-state index contributed by atoms with van der Waals surface area (Å²) in [6.45, 7) is 10.4. The van der Waals surface area contributed by atoms with E-state index in [0.29, 0.717) is 19.8 Å². The van der Waals surface area contributed by atoms with Crippen LogP contribution in [0.1, 0.15) is 40.0 Å². The van der Waals surface area contributed by atoms with Gasteiger partial charge in [-0.3, -0.25) is 0 Å². The molecule has 0 amide bonds. The summed E-state index contributed by atoms with van der Waals surface area (Å²) in [7, 11) is -2.77. The van der Waals surface area contributed by atoms with Gasteiger partial charge in [0.1, 0.15) is 20.4 Å². The van der Waals surface area contributed by atoms with E-state index in [1.165, 1.54) is 0 Å². The molecule has 20 heavy (non-hydrogen) atoms. The van der Waals surface area contributed by atoms with E-state index >= 15 is 0 Å². The lowest BCUT2D eigenvalue weighted by atomic mass is 10.5. The highest BCUT2D eigenvalue weighted by atomic mass is 28.4. The number of hydrogen-bond acceptors (Lipinski definition) is 6. The van der Waals surface area contributed by atoms with E-state index in [-0.39, 0.29) is 20.4 Å². The molecular formula is C13H30O6Si. The van der Waals surface area contributed by atoms with Gasteiger partial charge in [0.05, 0.1) is 0 Å². The molecule has 0 aromatic heterocycles. The Morgan fingerprint density at radius 3 is 1.15 bits per heavy atom. The maximum Gasteiger partial charge on any atom is 0.502 e. The van der Waals surface area contributed by atoms with E-state index in [4.69, 9.17) is 27.5 Å². The van der Waals surface area contributed by atoms with Crippen LogP contribution in [0.2, 0.25) is 6.55 Å². The molecule has 0 saturated heterocycles. The van der Waals surface area contributed by atoms with Crippen LogP contribution in [0.25, 0.3) is 0 Å². The number of ether oxygens (including phenoxy) is 3. The van der Waals surface area contributed by atoms with Crippen molar-refractivity contribution in [3.05, 3.63) is 0 Å². The molecule has 0 bridgehead atoms. The molecule has 0 aliphatic rings. The lowest BCUT2D eigenvalue weighted by Crippen LogP contribution is -2.44. The summed E-state index contributed by atoms with van der Waals surface area (Å²) in [6, 6.07) is 0. The van der Waals surface area contributed by atoms with Crippen LogP contribution in [0.4, 0.5) is 0 Å². The first kappa shape index (κ1) is 20.0. The third-order valence-electron chi connectivity index (χ3n) is 2.26. The Balaban J connectivity index is 3.98. The minimum atomic E-state index is -2.77. The SMILES string of the molecule is CCCOCO[Si](C)(OCOCCC)OCOCCC. The molecule has 0 aliphatic heterocycles. The van der Waals surface area contributed by atoms with E-state index in [1.54, 1.807) is 0 Å². The fraction of sp³-hybridized carbons (Fsp3) is 1.00. The molecular weight excluding hydrogens is 280 g/mol. The van der Waals surface area contributed by atoms with Crippen LogP contribution in [0.15, 0.2) is 0 Å². The molecule has 0 saturated carbocycles. The summed E-state index contributed by atoms with van der Waals surface area (Å²) < 4.78 is 32.7. The smallest absolute Gasteiger partial charge is 0.356 e. The predicted molar refractivity (Wildman–Crippen MR) is 78.2 cm³/mol. The van der Waals surface area contributed by atoms with Crippen molar-refractivity contribution in [1.82, 2.24) is 0 Å². The predicted octanol–water partition coefficient (Wildman–Crippen LogP) is 2.76. The van der Waals surface area contributed by atoms with E-state index in [9.17, 15) is 0 Å². The Bertz CT molecular complexity index is 174. The van der Waals surface area contributed by atoms with Crippen molar-refractivity contribution in [2.24, 2.45) is 0 Å². The van der Waals surface area contributed by atoms with Gasteiger partial charge in [0.2, 0.25) is 0 Å². The Labute approximate surface area is 124 Å². The highest BCUT2D eigenvalue weighted by molar-refractivity contribution is 6.59. The molecule has 6 nitrogen and oxygen atoms in total. The number of hydrogen-bond donors (Lipinski definition) is 0. The zero-order valence-electron chi connectivity index (χ0n) is 13.3. The normalized spacial score (nSPS) is 12.0. The van der Waals surface area contributed by atoms with E-state index < -0.39 is 8.80 Å².